The molecule has 5 nitrogen and oxygen atoms in total. The third-order valence-electron chi connectivity index (χ3n) is 4.82. The van der Waals surface area contributed by atoms with Gasteiger partial charge >= 0.3 is 5.97 Å². The summed E-state index contributed by atoms with van der Waals surface area (Å²) < 4.78 is 4.80. The average molecular weight is 338 g/mol. The lowest BCUT2D eigenvalue weighted by Gasteiger charge is -2.31. The lowest BCUT2D eigenvalue weighted by molar-refractivity contribution is -0.146. The van der Waals surface area contributed by atoms with Gasteiger partial charge in [0.05, 0.1) is 18.7 Å². The number of rotatable bonds is 3. The number of esters is 1. The number of benzene rings is 1. The molecule has 3 rings (SSSR count). The predicted molar refractivity (Wildman–Crippen MR) is 95.1 cm³/mol. The van der Waals surface area contributed by atoms with Crippen molar-refractivity contribution >= 4 is 11.9 Å². The van der Waals surface area contributed by atoms with E-state index < -0.39 is 0 Å². The first-order valence-corrected chi connectivity index (χ1v) is 8.50. The van der Waals surface area contributed by atoms with E-state index >= 15 is 0 Å². The van der Waals surface area contributed by atoms with E-state index in [2.05, 4.69) is 4.98 Å². The molecular formula is C20H22N2O3. The van der Waals surface area contributed by atoms with Gasteiger partial charge in [0.25, 0.3) is 5.91 Å². The minimum absolute atomic E-state index is 0.0126. The largest absolute Gasteiger partial charge is 0.469 e. The van der Waals surface area contributed by atoms with Gasteiger partial charge in [0.15, 0.2) is 0 Å². The first-order chi connectivity index (χ1) is 12.1. The smallest absolute Gasteiger partial charge is 0.308 e. The zero-order chi connectivity index (χ0) is 17.8. The van der Waals surface area contributed by atoms with Crippen molar-refractivity contribution < 1.29 is 14.3 Å². The molecular weight excluding hydrogens is 316 g/mol. The molecule has 0 aliphatic carbocycles. The van der Waals surface area contributed by atoms with Gasteiger partial charge in [-0.05, 0) is 43.5 Å². The highest BCUT2D eigenvalue weighted by Gasteiger charge is 2.29. The van der Waals surface area contributed by atoms with Crippen LogP contribution in [-0.4, -0.2) is 42.0 Å². The number of nitrogens with zero attached hydrogens (tertiary/aromatic N) is 2. The Labute approximate surface area is 147 Å². The van der Waals surface area contributed by atoms with Crippen LogP contribution in [-0.2, 0) is 9.53 Å². The normalized spacial score (nSPS) is 15.0. The molecule has 1 amide bonds. The summed E-state index contributed by atoms with van der Waals surface area (Å²) in [6.45, 7) is 3.11. The van der Waals surface area contributed by atoms with Gasteiger partial charge in [-0.3, -0.25) is 14.6 Å². The molecule has 2 aromatic rings. The van der Waals surface area contributed by atoms with Crippen LogP contribution in [0.15, 0.2) is 42.6 Å². The highest BCUT2D eigenvalue weighted by atomic mass is 16.5. The molecule has 2 heterocycles. The molecule has 0 unspecified atom stereocenters. The van der Waals surface area contributed by atoms with Crippen LogP contribution in [0.4, 0.5) is 0 Å². The third kappa shape index (κ3) is 3.55. The number of ether oxygens (including phenoxy) is 1. The fraction of sp³-hybridized carbons (Fsp3) is 0.350. The molecule has 0 atom stereocenters. The number of piperidine rings is 1. The molecule has 0 bridgehead atoms. The van der Waals surface area contributed by atoms with Gasteiger partial charge < -0.3 is 9.64 Å². The summed E-state index contributed by atoms with van der Waals surface area (Å²) in [5.74, 6) is -0.269. The van der Waals surface area contributed by atoms with E-state index in [1.807, 2.05) is 48.2 Å². The minimum Gasteiger partial charge on any atom is -0.469 e. The Hall–Kier alpha value is -2.69. The monoisotopic (exact) mass is 338 g/mol. The van der Waals surface area contributed by atoms with Crippen molar-refractivity contribution in [3.8, 4) is 11.3 Å². The second-order valence-corrected chi connectivity index (χ2v) is 6.28. The molecule has 0 N–H and O–H groups in total. The Morgan fingerprint density at radius 1 is 1.12 bits per heavy atom. The van der Waals surface area contributed by atoms with E-state index in [0.717, 1.165) is 16.8 Å². The molecule has 130 valence electrons. The summed E-state index contributed by atoms with van der Waals surface area (Å²) >= 11 is 0. The molecule has 1 aromatic heterocycles. The number of methoxy groups -OCH3 is 1. The molecule has 1 aliphatic rings. The fourth-order valence-corrected chi connectivity index (χ4v) is 3.32. The number of hydrogen-bond acceptors (Lipinski definition) is 4. The summed E-state index contributed by atoms with van der Waals surface area (Å²) in [6.07, 6.45) is 3.05. The third-order valence-corrected chi connectivity index (χ3v) is 4.82. The number of aromatic nitrogens is 1. The number of carbonyl (C=O) groups excluding carboxylic acids is 2. The van der Waals surface area contributed by atoms with Gasteiger partial charge in [-0.25, -0.2) is 0 Å². The fourth-order valence-electron chi connectivity index (χ4n) is 3.32. The van der Waals surface area contributed by atoms with Crippen molar-refractivity contribution in [1.29, 1.82) is 0 Å². The minimum atomic E-state index is -0.180. The van der Waals surface area contributed by atoms with E-state index in [4.69, 9.17) is 4.74 Å². The van der Waals surface area contributed by atoms with Crippen LogP contribution in [0.5, 0.6) is 0 Å². The van der Waals surface area contributed by atoms with Crippen LogP contribution >= 0.6 is 0 Å². The average Bonchev–Trinajstić information content (AvgIpc) is 2.68. The van der Waals surface area contributed by atoms with Gasteiger partial charge in [-0.2, -0.15) is 0 Å². The maximum absolute atomic E-state index is 12.9. The van der Waals surface area contributed by atoms with Gasteiger partial charge in [-0.15, -0.1) is 0 Å². The molecule has 1 saturated heterocycles. The quantitative estimate of drug-likeness (QED) is 0.807. The molecule has 1 aliphatic heterocycles. The number of hydrogen-bond donors (Lipinski definition) is 0. The number of pyridine rings is 1. The van der Waals surface area contributed by atoms with Gasteiger partial charge in [0, 0.05) is 30.4 Å². The number of carbonyl (C=O) groups is 2. The summed E-state index contributed by atoms with van der Waals surface area (Å²) in [5, 5.41) is 0. The Bertz CT molecular complexity index is 766. The Morgan fingerprint density at radius 2 is 1.88 bits per heavy atom. The van der Waals surface area contributed by atoms with Crippen molar-refractivity contribution in [3.63, 3.8) is 0 Å². The Balaban J connectivity index is 1.79. The molecule has 1 aromatic carbocycles. The van der Waals surface area contributed by atoms with E-state index in [9.17, 15) is 9.59 Å². The van der Waals surface area contributed by atoms with E-state index in [1.54, 1.807) is 6.20 Å². The van der Waals surface area contributed by atoms with Crippen molar-refractivity contribution in [2.75, 3.05) is 20.2 Å². The van der Waals surface area contributed by atoms with Crippen molar-refractivity contribution in [1.82, 2.24) is 9.88 Å². The topological polar surface area (TPSA) is 59.5 Å². The lowest BCUT2D eigenvalue weighted by atomic mass is 9.95. The van der Waals surface area contributed by atoms with Crippen LogP contribution < -0.4 is 0 Å². The van der Waals surface area contributed by atoms with Crippen LogP contribution in [0.3, 0.4) is 0 Å². The zero-order valence-electron chi connectivity index (χ0n) is 14.6. The van der Waals surface area contributed by atoms with Crippen molar-refractivity contribution in [3.05, 3.63) is 53.7 Å². The van der Waals surface area contributed by atoms with Crippen molar-refractivity contribution in [2.45, 2.75) is 19.8 Å². The Kier molecular flexibility index (Phi) is 5.12. The molecule has 25 heavy (non-hydrogen) atoms. The summed E-state index contributed by atoms with van der Waals surface area (Å²) in [4.78, 5) is 30.8. The summed E-state index contributed by atoms with van der Waals surface area (Å²) in [7, 11) is 1.41. The Morgan fingerprint density at radius 3 is 2.52 bits per heavy atom. The highest BCUT2D eigenvalue weighted by molar-refractivity contribution is 5.97. The maximum atomic E-state index is 12.9. The molecule has 0 saturated carbocycles. The standard InChI is InChI=1S/C20H22N2O3/c1-14-16(18-8-3-4-11-21-18)6-5-7-17(14)19(23)22-12-9-15(10-13-22)20(24)25-2/h3-8,11,15H,9-10,12-13H2,1-2H3. The summed E-state index contributed by atoms with van der Waals surface area (Å²) in [5.41, 5.74) is 3.45. The lowest BCUT2D eigenvalue weighted by Crippen LogP contribution is -2.40. The van der Waals surface area contributed by atoms with E-state index in [1.165, 1.54) is 7.11 Å². The maximum Gasteiger partial charge on any atom is 0.308 e. The van der Waals surface area contributed by atoms with Crippen LogP contribution in [0, 0.1) is 12.8 Å². The van der Waals surface area contributed by atoms with Gasteiger partial charge in [-0.1, -0.05) is 18.2 Å². The number of amides is 1. The second-order valence-electron chi connectivity index (χ2n) is 6.28. The van der Waals surface area contributed by atoms with Crippen molar-refractivity contribution in [2.24, 2.45) is 5.92 Å². The molecule has 1 fully saturated rings. The SMILES string of the molecule is COC(=O)C1CCN(C(=O)c2cccc(-c3ccccn3)c2C)CC1. The zero-order valence-corrected chi connectivity index (χ0v) is 14.6. The van der Waals surface area contributed by atoms with Gasteiger partial charge in [0.2, 0.25) is 0 Å². The highest BCUT2D eigenvalue weighted by Crippen LogP contribution is 2.26. The molecule has 0 radical (unpaired) electrons. The van der Waals surface area contributed by atoms with Gasteiger partial charge in [0.1, 0.15) is 0 Å². The molecule has 0 spiro atoms. The van der Waals surface area contributed by atoms with E-state index in [0.29, 0.717) is 31.5 Å². The summed E-state index contributed by atoms with van der Waals surface area (Å²) in [6, 6.07) is 11.5. The van der Waals surface area contributed by atoms with E-state index in [-0.39, 0.29) is 17.8 Å². The first-order valence-electron chi connectivity index (χ1n) is 8.50. The first kappa shape index (κ1) is 17.1. The number of likely N-dealkylation sites (tertiary alicyclic amines) is 1. The predicted octanol–water partition coefficient (Wildman–Crippen LogP) is 3.08. The molecule has 5 heteroatoms. The van der Waals surface area contributed by atoms with Crippen LogP contribution in [0.2, 0.25) is 0 Å². The van der Waals surface area contributed by atoms with Crippen LogP contribution in [0.25, 0.3) is 11.3 Å². The van der Waals surface area contributed by atoms with Crippen LogP contribution in [0.1, 0.15) is 28.8 Å². The second kappa shape index (κ2) is 7.47.